The van der Waals surface area contributed by atoms with Crippen LogP contribution in [-0.4, -0.2) is 5.71 Å². The number of hydrogen-bond acceptors (Lipinski definition) is 1. The molecule has 2 atom stereocenters. The zero-order valence-electron chi connectivity index (χ0n) is 17.3. The molecule has 0 saturated heterocycles. The fraction of sp³-hybridized carbons (Fsp3) is 0.0690. The lowest BCUT2D eigenvalue weighted by atomic mass is 9.78. The van der Waals surface area contributed by atoms with Crippen molar-refractivity contribution in [2.24, 2.45) is 0 Å². The zero-order chi connectivity index (χ0) is 22.1. The van der Waals surface area contributed by atoms with Crippen molar-refractivity contribution in [3.63, 3.8) is 0 Å². The third-order valence-electron chi connectivity index (χ3n) is 6.10. The Bertz CT molecular complexity index is 1270. The van der Waals surface area contributed by atoms with Crippen LogP contribution in [-0.2, 0) is 0 Å². The maximum absolute atomic E-state index is 13.8. The van der Waals surface area contributed by atoms with Gasteiger partial charge in [-0.3, -0.25) is 0 Å². The normalized spacial score (nSPS) is 18.2. The van der Waals surface area contributed by atoms with Crippen molar-refractivity contribution in [2.45, 2.75) is 11.8 Å². The third kappa shape index (κ3) is 3.56. The molecule has 2 unspecified atom stereocenters. The molecule has 0 saturated carbocycles. The first kappa shape index (κ1) is 20.1. The minimum absolute atomic E-state index is 0.203. The van der Waals surface area contributed by atoms with E-state index in [-0.39, 0.29) is 23.5 Å². The second kappa shape index (κ2) is 8.35. The summed E-state index contributed by atoms with van der Waals surface area (Å²) >= 11 is 0. The van der Waals surface area contributed by atoms with Gasteiger partial charge in [0.05, 0.1) is 0 Å². The Morgan fingerprint density at radius 3 is 1.59 bits per heavy atom. The maximum Gasteiger partial charge on any atom is 0.123 e. The molecule has 0 amide bonds. The Morgan fingerprint density at radius 2 is 1.00 bits per heavy atom. The van der Waals surface area contributed by atoms with Crippen LogP contribution < -0.4 is 0 Å². The van der Waals surface area contributed by atoms with E-state index >= 15 is 0 Å². The Hall–Kier alpha value is -3.85. The van der Waals surface area contributed by atoms with Crippen molar-refractivity contribution in [3.05, 3.63) is 143 Å². The SMILES string of the molecule is N=C1C(c2ccccc2)=C(c2ccc(F)cc2)C(c2ccc(F)cc2)C1c1ccccc1. The molecule has 4 aromatic carbocycles. The van der Waals surface area contributed by atoms with E-state index in [1.807, 2.05) is 60.7 Å². The highest BCUT2D eigenvalue weighted by molar-refractivity contribution is 6.36. The smallest absolute Gasteiger partial charge is 0.123 e. The molecule has 5 rings (SSSR count). The molecule has 4 aromatic rings. The van der Waals surface area contributed by atoms with E-state index in [2.05, 4.69) is 0 Å². The minimum atomic E-state index is -0.304. The molecule has 0 aliphatic heterocycles. The molecule has 0 fully saturated rings. The van der Waals surface area contributed by atoms with Crippen molar-refractivity contribution in [2.75, 3.05) is 0 Å². The largest absolute Gasteiger partial charge is 0.304 e. The van der Waals surface area contributed by atoms with E-state index in [9.17, 15) is 14.2 Å². The molecule has 3 heteroatoms. The highest BCUT2D eigenvalue weighted by atomic mass is 19.1. The van der Waals surface area contributed by atoms with Crippen molar-refractivity contribution >= 4 is 16.9 Å². The summed E-state index contributed by atoms with van der Waals surface area (Å²) < 4.78 is 27.6. The predicted octanol–water partition coefficient (Wildman–Crippen LogP) is 7.48. The topological polar surface area (TPSA) is 23.9 Å². The third-order valence-corrected chi connectivity index (χ3v) is 6.10. The van der Waals surface area contributed by atoms with Crippen molar-refractivity contribution in [1.29, 1.82) is 5.41 Å². The summed E-state index contributed by atoms with van der Waals surface area (Å²) in [5.74, 6) is -1.04. The lowest BCUT2D eigenvalue weighted by Crippen LogP contribution is -2.14. The van der Waals surface area contributed by atoms with Gasteiger partial charge >= 0.3 is 0 Å². The van der Waals surface area contributed by atoms with Gasteiger partial charge in [-0.2, -0.15) is 0 Å². The van der Waals surface area contributed by atoms with Gasteiger partial charge in [0.25, 0.3) is 0 Å². The molecule has 0 bridgehead atoms. The standard InChI is InChI=1S/C29H21F2N/c30-23-15-11-21(12-16-23)25-26(22-13-17-24(31)18-14-22)28(20-9-5-2-6-10-20)29(32)27(25)19-7-3-1-4-8-19/h1-18,25,27,32H. The van der Waals surface area contributed by atoms with Crippen LogP contribution in [0.4, 0.5) is 8.78 Å². The summed E-state index contributed by atoms with van der Waals surface area (Å²) in [6, 6.07) is 32.8. The molecule has 1 N–H and O–H groups in total. The van der Waals surface area contributed by atoms with Gasteiger partial charge in [-0.25, -0.2) is 8.78 Å². The van der Waals surface area contributed by atoms with E-state index in [0.29, 0.717) is 5.71 Å². The Labute approximate surface area is 186 Å². The van der Waals surface area contributed by atoms with E-state index in [1.54, 1.807) is 24.3 Å². The van der Waals surface area contributed by atoms with Gasteiger partial charge in [-0.05, 0) is 52.1 Å². The monoisotopic (exact) mass is 421 g/mol. The quantitative estimate of drug-likeness (QED) is 0.353. The number of allylic oxidation sites excluding steroid dienone is 2. The Morgan fingerprint density at radius 1 is 0.500 bits per heavy atom. The van der Waals surface area contributed by atoms with Crippen LogP contribution in [0.5, 0.6) is 0 Å². The van der Waals surface area contributed by atoms with Crippen LogP contribution in [0.1, 0.15) is 34.1 Å². The minimum Gasteiger partial charge on any atom is -0.304 e. The lowest BCUT2D eigenvalue weighted by molar-refractivity contribution is 0.625. The predicted molar refractivity (Wildman–Crippen MR) is 126 cm³/mol. The lowest BCUT2D eigenvalue weighted by Gasteiger charge is -2.24. The van der Waals surface area contributed by atoms with Gasteiger partial charge in [0.1, 0.15) is 11.6 Å². The fourth-order valence-corrected chi connectivity index (χ4v) is 4.71. The highest BCUT2D eigenvalue weighted by Crippen LogP contribution is 2.54. The maximum atomic E-state index is 13.8. The van der Waals surface area contributed by atoms with Gasteiger partial charge < -0.3 is 5.41 Å². The van der Waals surface area contributed by atoms with Crippen molar-refractivity contribution in [1.82, 2.24) is 0 Å². The highest BCUT2D eigenvalue weighted by Gasteiger charge is 2.41. The second-order valence-corrected chi connectivity index (χ2v) is 7.99. The van der Waals surface area contributed by atoms with Crippen LogP contribution in [0.3, 0.4) is 0 Å². The van der Waals surface area contributed by atoms with E-state index < -0.39 is 0 Å². The van der Waals surface area contributed by atoms with Crippen LogP contribution in [0.2, 0.25) is 0 Å². The summed E-state index contributed by atoms with van der Waals surface area (Å²) in [6.07, 6.45) is 0. The van der Waals surface area contributed by atoms with Crippen LogP contribution in [0.15, 0.2) is 109 Å². The first-order valence-electron chi connectivity index (χ1n) is 10.6. The molecule has 0 spiro atoms. The number of hydrogen-bond donors (Lipinski definition) is 1. The van der Waals surface area contributed by atoms with Gasteiger partial charge in [0.15, 0.2) is 0 Å². The Balaban J connectivity index is 1.80. The molecule has 0 aromatic heterocycles. The van der Waals surface area contributed by atoms with Gasteiger partial charge in [0.2, 0.25) is 0 Å². The van der Waals surface area contributed by atoms with Gasteiger partial charge in [0, 0.05) is 23.1 Å². The second-order valence-electron chi connectivity index (χ2n) is 7.99. The van der Waals surface area contributed by atoms with E-state index in [1.165, 1.54) is 24.3 Å². The summed E-state index contributed by atoms with van der Waals surface area (Å²) in [5, 5.41) is 9.28. The molecule has 1 nitrogen and oxygen atoms in total. The molecular weight excluding hydrogens is 400 g/mol. The molecule has 32 heavy (non-hydrogen) atoms. The molecule has 0 heterocycles. The van der Waals surface area contributed by atoms with Gasteiger partial charge in [-0.15, -0.1) is 0 Å². The fourth-order valence-electron chi connectivity index (χ4n) is 4.71. The summed E-state index contributed by atoms with van der Waals surface area (Å²) in [5.41, 5.74) is 6.08. The molecule has 156 valence electrons. The average molecular weight is 421 g/mol. The Kier molecular flexibility index (Phi) is 5.24. The van der Waals surface area contributed by atoms with Crippen molar-refractivity contribution in [3.8, 4) is 0 Å². The summed E-state index contributed by atoms with van der Waals surface area (Å²) in [4.78, 5) is 0. The summed E-state index contributed by atoms with van der Waals surface area (Å²) in [7, 11) is 0. The van der Waals surface area contributed by atoms with Crippen LogP contribution in [0.25, 0.3) is 11.1 Å². The van der Waals surface area contributed by atoms with Crippen molar-refractivity contribution < 1.29 is 8.78 Å². The zero-order valence-corrected chi connectivity index (χ0v) is 17.3. The average Bonchev–Trinajstić information content (AvgIpc) is 3.14. The van der Waals surface area contributed by atoms with Crippen LogP contribution >= 0.6 is 0 Å². The van der Waals surface area contributed by atoms with E-state index in [4.69, 9.17) is 0 Å². The molecular formula is C29H21F2N. The number of rotatable bonds is 4. The summed E-state index contributed by atoms with van der Waals surface area (Å²) in [6.45, 7) is 0. The number of nitrogens with one attached hydrogen (secondary N) is 1. The number of halogens is 2. The van der Waals surface area contributed by atoms with E-state index in [0.717, 1.165) is 33.4 Å². The first-order chi connectivity index (χ1) is 15.6. The molecule has 0 radical (unpaired) electrons. The molecule has 1 aliphatic carbocycles. The molecule has 1 aliphatic rings. The van der Waals surface area contributed by atoms with Gasteiger partial charge in [-0.1, -0.05) is 84.9 Å². The first-order valence-corrected chi connectivity index (χ1v) is 10.6. The number of benzene rings is 4. The van der Waals surface area contributed by atoms with Crippen LogP contribution in [0, 0.1) is 17.0 Å².